The van der Waals surface area contributed by atoms with E-state index >= 15 is 0 Å². The van der Waals surface area contributed by atoms with Crippen molar-refractivity contribution in [2.24, 2.45) is 0 Å². The second kappa shape index (κ2) is 11.6. The molecule has 0 aromatic heterocycles. The number of benzene rings is 3. The first-order valence-electron chi connectivity index (χ1n) is 11.9. The maximum atomic E-state index is 13.1. The molecule has 4 rings (SSSR count). The molecule has 0 spiro atoms. The average molecular weight is 533 g/mol. The van der Waals surface area contributed by atoms with Crippen molar-refractivity contribution < 1.29 is 19.1 Å². The Balaban J connectivity index is 1.47. The van der Waals surface area contributed by atoms with Crippen LogP contribution in [0.1, 0.15) is 29.2 Å². The van der Waals surface area contributed by atoms with Gasteiger partial charge in [0.1, 0.15) is 0 Å². The Labute approximate surface area is 226 Å². The molecule has 3 aromatic carbocycles. The Kier molecular flexibility index (Phi) is 8.31. The van der Waals surface area contributed by atoms with Crippen LogP contribution in [-0.4, -0.2) is 29.3 Å². The summed E-state index contributed by atoms with van der Waals surface area (Å²) in [5.41, 5.74) is 5.49. The van der Waals surface area contributed by atoms with Gasteiger partial charge in [0, 0.05) is 5.69 Å². The minimum absolute atomic E-state index is 0.165. The van der Waals surface area contributed by atoms with E-state index in [1.807, 2.05) is 76.2 Å². The highest BCUT2D eigenvalue weighted by atomic mass is 32.2. The molecule has 0 saturated carbocycles. The van der Waals surface area contributed by atoms with Crippen LogP contribution in [0.4, 0.5) is 11.4 Å². The second-order valence-corrected chi connectivity index (χ2v) is 10.4. The number of anilines is 2. The zero-order chi connectivity index (χ0) is 26.5. The lowest BCUT2D eigenvalue weighted by Crippen LogP contribution is -2.27. The third-order valence-electron chi connectivity index (χ3n) is 5.52. The molecule has 1 N–H and O–H groups in total. The van der Waals surface area contributed by atoms with E-state index in [9.17, 15) is 9.59 Å². The summed E-state index contributed by atoms with van der Waals surface area (Å²) in [6, 6.07) is 18.9. The minimum atomic E-state index is -0.267. The van der Waals surface area contributed by atoms with Crippen LogP contribution in [0.5, 0.6) is 11.5 Å². The molecule has 0 radical (unpaired) electrons. The number of amides is 2. The van der Waals surface area contributed by atoms with Crippen molar-refractivity contribution in [1.29, 1.82) is 0 Å². The predicted molar refractivity (Wildman–Crippen MR) is 154 cm³/mol. The van der Waals surface area contributed by atoms with Crippen LogP contribution in [0.25, 0.3) is 6.08 Å². The third kappa shape index (κ3) is 6.58. The van der Waals surface area contributed by atoms with Gasteiger partial charge in [-0.25, -0.2) is 0 Å². The highest BCUT2D eigenvalue weighted by Gasteiger charge is 2.33. The molecule has 8 heteroatoms. The van der Waals surface area contributed by atoms with Crippen molar-refractivity contribution in [2.45, 2.75) is 27.7 Å². The predicted octanol–water partition coefficient (Wildman–Crippen LogP) is 6.43. The van der Waals surface area contributed by atoms with E-state index in [0.717, 1.165) is 33.6 Å². The zero-order valence-electron chi connectivity index (χ0n) is 21.2. The summed E-state index contributed by atoms with van der Waals surface area (Å²) < 4.78 is 12.0. The van der Waals surface area contributed by atoms with Crippen molar-refractivity contribution in [3.05, 3.63) is 87.8 Å². The van der Waals surface area contributed by atoms with E-state index in [1.165, 1.54) is 11.8 Å². The molecule has 1 fully saturated rings. The van der Waals surface area contributed by atoms with Crippen LogP contribution in [-0.2, 0) is 9.59 Å². The van der Waals surface area contributed by atoms with Crippen LogP contribution in [0.2, 0.25) is 0 Å². The molecule has 1 saturated heterocycles. The highest BCUT2D eigenvalue weighted by Crippen LogP contribution is 2.37. The number of carbonyl (C=O) groups is 2. The van der Waals surface area contributed by atoms with E-state index in [2.05, 4.69) is 5.32 Å². The Morgan fingerprint density at radius 3 is 2.32 bits per heavy atom. The minimum Gasteiger partial charge on any atom is -0.490 e. The largest absolute Gasteiger partial charge is 0.490 e. The van der Waals surface area contributed by atoms with E-state index in [0.29, 0.717) is 27.3 Å². The van der Waals surface area contributed by atoms with Crippen molar-refractivity contribution in [3.63, 3.8) is 0 Å². The fraction of sp³-hybridized carbons (Fsp3) is 0.207. The van der Waals surface area contributed by atoms with Crippen LogP contribution in [0.3, 0.4) is 0 Å². The SMILES string of the molecule is CCOc1cc(/C=C2\SC(=S)N(c3ccc(C)cc3)C2=O)ccc1OCC(=O)Nc1cc(C)cc(C)c1. The van der Waals surface area contributed by atoms with E-state index in [1.54, 1.807) is 23.1 Å². The van der Waals surface area contributed by atoms with Crippen LogP contribution >= 0.6 is 24.0 Å². The van der Waals surface area contributed by atoms with Gasteiger partial charge in [-0.2, -0.15) is 0 Å². The molecule has 1 aliphatic heterocycles. The molecule has 190 valence electrons. The second-order valence-electron chi connectivity index (χ2n) is 8.71. The van der Waals surface area contributed by atoms with Gasteiger partial charge in [0.05, 0.1) is 17.2 Å². The van der Waals surface area contributed by atoms with Crippen LogP contribution in [0.15, 0.2) is 65.6 Å². The van der Waals surface area contributed by atoms with Gasteiger partial charge in [0.25, 0.3) is 11.8 Å². The number of nitrogens with zero attached hydrogens (tertiary/aromatic N) is 1. The molecule has 1 aliphatic rings. The van der Waals surface area contributed by atoms with Crippen molar-refractivity contribution in [1.82, 2.24) is 0 Å². The Hall–Kier alpha value is -3.62. The average Bonchev–Trinajstić information content (AvgIpc) is 3.11. The topological polar surface area (TPSA) is 67.9 Å². The summed E-state index contributed by atoms with van der Waals surface area (Å²) in [7, 11) is 0. The Bertz CT molecular complexity index is 1360. The first kappa shape index (κ1) is 26.4. The monoisotopic (exact) mass is 532 g/mol. The number of thiocarbonyl (C=S) groups is 1. The maximum Gasteiger partial charge on any atom is 0.270 e. The van der Waals surface area contributed by atoms with E-state index in [4.69, 9.17) is 21.7 Å². The number of aryl methyl sites for hydroxylation is 3. The first-order chi connectivity index (χ1) is 17.7. The number of hydrogen-bond acceptors (Lipinski definition) is 6. The Morgan fingerprint density at radius 1 is 0.946 bits per heavy atom. The number of carbonyl (C=O) groups excluding carboxylic acids is 2. The zero-order valence-corrected chi connectivity index (χ0v) is 22.8. The third-order valence-corrected chi connectivity index (χ3v) is 6.82. The van der Waals surface area contributed by atoms with Crippen molar-refractivity contribution in [2.75, 3.05) is 23.4 Å². The fourth-order valence-electron chi connectivity index (χ4n) is 3.92. The summed E-state index contributed by atoms with van der Waals surface area (Å²) >= 11 is 6.74. The lowest BCUT2D eigenvalue weighted by Gasteiger charge is -2.14. The maximum absolute atomic E-state index is 13.1. The van der Waals surface area contributed by atoms with Gasteiger partial charge < -0.3 is 14.8 Å². The summed E-state index contributed by atoms with van der Waals surface area (Å²) in [4.78, 5) is 27.6. The van der Waals surface area contributed by atoms with E-state index < -0.39 is 0 Å². The lowest BCUT2D eigenvalue weighted by atomic mass is 10.1. The van der Waals surface area contributed by atoms with Gasteiger partial charge >= 0.3 is 0 Å². The van der Waals surface area contributed by atoms with Gasteiger partial charge in [0.15, 0.2) is 22.4 Å². The molecule has 2 amide bonds. The van der Waals surface area contributed by atoms with Crippen LogP contribution in [0, 0.1) is 20.8 Å². The summed E-state index contributed by atoms with van der Waals surface area (Å²) in [6.07, 6.45) is 1.78. The number of rotatable bonds is 8. The lowest BCUT2D eigenvalue weighted by molar-refractivity contribution is -0.118. The molecular formula is C29H28N2O4S2. The van der Waals surface area contributed by atoms with Crippen molar-refractivity contribution in [3.8, 4) is 11.5 Å². The van der Waals surface area contributed by atoms with Gasteiger partial charge in [-0.05, 0) is 86.9 Å². The summed E-state index contributed by atoms with van der Waals surface area (Å²) in [6.45, 7) is 8.08. The number of thioether (sulfide) groups is 1. The molecule has 3 aromatic rings. The van der Waals surface area contributed by atoms with Crippen molar-refractivity contribution >= 4 is 57.6 Å². The number of ether oxygens (including phenoxy) is 2. The molecule has 6 nitrogen and oxygen atoms in total. The first-order valence-corrected chi connectivity index (χ1v) is 13.1. The summed E-state index contributed by atoms with van der Waals surface area (Å²) in [5, 5.41) is 2.86. The fourth-order valence-corrected chi connectivity index (χ4v) is 5.22. The normalized spacial score (nSPS) is 14.3. The number of hydrogen-bond donors (Lipinski definition) is 1. The van der Waals surface area contributed by atoms with Gasteiger partial charge in [-0.1, -0.05) is 53.8 Å². The standard InChI is InChI=1S/C29H28N2O4S2/c1-5-34-25-15-21(16-26-28(33)31(29(36)37-26)23-9-6-18(2)7-10-23)8-11-24(25)35-17-27(32)30-22-13-19(3)12-20(4)14-22/h6-16H,5,17H2,1-4H3,(H,30,32)/b26-16-. The molecule has 0 aliphatic carbocycles. The molecule has 0 unspecified atom stereocenters. The van der Waals surface area contributed by atoms with Crippen LogP contribution < -0.4 is 19.7 Å². The number of nitrogens with one attached hydrogen (secondary N) is 1. The molecule has 37 heavy (non-hydrogen) atoms. The molecule has 0 atom stereocenters. The quantitative estimate of drug-likeness (QED) is 0.266. The van der Waals surface area contributed by atoms with E-state index in [-0.39, 0.29) is 18.4 Å². The summed E-state index contributed by atoms with van der Waals surface area (Å²) in [5.74, 6) is 0.503. The highest BCUT2D eigenvalue weighted by molar-refractivity contribution is 8.27. The molecule has 0 bridgehead atoms. The molecule has 1 heterocycles. The molecular weight excluding hydrogens is 504 g/mol. The van der Waals surface area contributed by atoms with Gasteiger partial charge in [0.2, 0.25) is 0 Å². The van der Waals surface area contributed by atoms with Gasteiger partial charge in [-0.15, -0.1) is 0 Å². The van der Waals surface area contributed by atoms with Gasteiger partial charge in [-0.3, -0.25) is 14.5 Å². The Morgan fingerprint density at radius 2 is 1.65 bits per heavy atom. The smallest absolute Gasteiger partial charge is 0.270 e.